The Morgan fingerprint density at radius 2 is 1.93 bits per heavy atom. The van der Waals surface area contributed by atoms with E-state index in [0.717, 1.165) is 10.7 Å². The molecule has 15 heteroatoms. The van der Waals surface area contributed by atoms with Gasteiger partial charge in [0.05, 0.1) is 18.4 Å². The second kappa shape index (κ2) is 12.0. The molecule has 1 N–H and O–H groups in total. The highest BCUT2D eigenvalue weighted by atomic mass is 19.4. The van der Waals surface area contributed by atoms with Gasteiger partial charge in [-0.15, -0.1) is 0 Å². The van der Waals surface area contributed by atoms with Gasteiger partial charge in [0.15, 0.2) is 5.69 Å². The van der Waals surface area contributed by atoms with Gasteiger partial charge in [-0.2, -0.15) is 28.1 Å². The largest absolute Gasteiger partial charge is 0.492 e. The number of aromatic nitrogens is 4. The monoisotopic (exact) mass is 600 g/mol. The van der Waals surface area contributed by atoms with Crippen molar-refractivity contribution in [3.63, 3.8) is 0 Å². The number of likely N-dealkylation sites (N-methyl/N-ethyl adjacent to an activating group) is 1. The van der Waals surface area contributed by atoms with Gasteiger partial charge in [-0.25, -0.2) is 13.9 Å². The summed E-state index contributed by atoms with van der Waals surface area (Å²) in [6.07, 6.45) is -1.40. The molecule has 11 nitrogen and oxygen atoms in total. The molecule has 2 amide bonds. The molecule has 4 aromatic rings. The summed E-state index contributed by atoms with van der Waals surface area (Å²) in [4.78, 5) is 39.2. The third kappa shape index (κ3) is 6.82. The third-order valence-corrected chi connectivity index (χ3v) is 6.49. The number of nitrogens with one attached hydrogen (secondary N) is 1. The van der Waals surface area contributed by atoms with Crippen LogP contribution in [0.15, 0.2) is 71.8 Å². The second-order valence-electron chi connectivity index (χ2n) is 9.57. The van der Waals surface area contributed by atoms with E-state index in [-0.39, 0.29) is 31.3 Å². The number of nitrogens with zero attached hydrogens (tertiary/aromatic N) is 5. The Kier molecular flexibility index (Phi) is 8.14. The Labute approximate surface area is 241 Å². The Morgan fingerprint density at radius 1 is 1.12 bits per heavy atom. The predicted octanol–water partition coefficient (Wildman–Crippen LogP) is 3.25. The number of benzene rings is 2. The van der Waals surface area contributed by atoms with Crippen LogP contribution in [0.2, 0.25) is 0 Å². The molecule has 0 aliphatic carbocycles. The van der Waals surface area contributed by atoms with Crippen LogP contribution in [0.25, 0.3) is 0 Å². The maximum Gasteiger partial charge on any atom is 0.435 e. The molecule has 224 valence electrons. The zero-order valence-electron chi connectivity index (χ0n) is 22.5. The molecule has 43 heavy (non-hydrogen) atoms. The Morgan fingerprint density at radius 3 is 2.70 bits per heavy atom. The molecule has 2 aromatic carbocycles. The van der Waals surface area contributed by atoms with E-state index in [0.29, 0.717) is 39.7 Å². The number of hydrogen-bond acceptors (Lipinski definition) is 7. The highest BCUT2D eigenvalue weighted by Gasteiger charge is 2.33. The highest BCUT2D eigenvalue weighted by molar-refractivity contribution is 6.00. The van der Waals surface area contributed by atoms with E-state index in [4.69, 9.17) is 9.47 Å². The van der Waals surface area contributed by atoms with Gasteiger partial charge >= 0.3 is 12.2 Å². The van der Waals surface area contributed by atoms with Crippen LogP contribution in [0, 0.1) is 5.82 Å². The van der Waals surface area contributed by atoms with Crippen molar-refractivity contribution in [2.45, 2.75) is 25.2 Å². The SMILES string of the molecule is CN1C(=O)[C@@H](NC(=O)n2cc(Cc3cccc(F)c3)cn2)COc2ccc(OCCn3nc(C(F)(F)F)ccc3=O)cc21. The van der Waals surface area contributed by atoms with Gasteiger partial charge < -0.3 is 19.7 Å². The van der Waals surface area contributed by atoms with Crippen molar-refractivity contribution >= 4 is 17.6 Å². The van der Waals surface area contributed by atoms with Crippen molar-refractivity contribution in [2.75, 3.05) is 25.2 Å². The van der Waals surface area contributed by atoms with Crippen molar-refractivity contribution in [1.82, 2.24) is 24.9 Å². The number of halogens is 4. The van der Waals surface area contributed by atoms with Crippen LogP contribution in [-0.4, -0.2) is 57.8 Å². The zero-order chi connectivity index (χ0) is 30.7. The zero-order valence-corrected chi connectivity index (χ0v) is 22.5. The van der Waals surface area contributed by atoms with Crippen LogP contribution in [0.5, 0.6) is 11.5 Å². The van der Waals surface area contributed by atoms with Crippen LogP contribution in [-0.2, 0) is 23.9 Å². The van der Waals surface area contributed by atoms with Gasteiger partial charge in [0.2, 0.25) is 0 Å². The van der Waals surface area contributed by atoms with Gasteiger partial charge in [-0.1, -0.05) is 12.1 Å². The number of anilines is 1. The number of rotatable bonds is 7. The average molecular weight is 601 g/mol. The van der Waals surface area contributed by atoms with Crippen LogP contribution in [0.1, 0.15) is 16.8 Å². The fourth-order valence-corrected chi connectivity index (χ4v) is 4.34. The van der Waals surface area contributed by atoms with Gasteiger partial charge in [0.1, 0.15) is 36.6 Å². The van der Waals surface area contributed by atoms with Crippen LogP contribution in [0.4, 0.5) is 28.0 Å². The van der Waals surface area contributed by atoms with E-state index in [2.05, 4.69) is 15.5 Å². The number of amides is 2. The molecule has 5 rings (SSSR count). The molecule has 3 heterocycles. The quantitative estimate of drug-likeness (QED) is 0.324. The molecule has 0 bridgehead atoms. The van der Waals surface area contributed by atoms with Crippen molar-refractivity contribution in [2.24, 2.45) is 0 Å². The summed E-state index contributed by atoms with van der Waals surface area (Å²) in [6.45, 7) is -0.616. The lowest BCUT2D eigenvalue weighted by atomic mass is 10.1. The highest BCUT2D eigenvalue weighted by Crippen LogP contribution is 2.34. The Hall–Kier alpha value is -5.21. The molecule has 1 atom stereocenters. The molecule has 1 aliphatic rings. The minimum Gasteiger partial charge on any atom is -0.492 e. The van der Waals surface area contributed by atoms with E-state index in [9.17, 15) is 31.9 Å². The third-order valence-electron chi connectivity index (χ3n) is 6.49. The molecule has 0 saturated heterocycles. The number of carbonyl (C=O) groups is 2. The lowest BCUT2D eigenvalue weighted by molar-refractivity contribution is -0.142. The second-order valence-corrected chi connectivity index (χ2v) is 9.57. The Balaban J connectivity index is 1.21. The average Bonchev–Trinajstić information content (AvgIpc) is 3.39. The summed E-state index contributed by atoms with van der Waals surface area (Å²) >= 11 is 0. The maximum atomic E-state index is 13.5. The summed E-state index contributed by atoms with van der Waals surface area (Å²) in [5, 5.41) is 9.97. The maximum absolute atomic E-state index is 13.5. The fraction of sp³-hybridized carbons (Fsp3) is 0.250. The summed E-state index contributed by atoms with van der Waals surface area (Å²) in [6, 6.07) is 10.3. The smallest absolute Gasteiger partial charge is 0.435 e. The summed E-state index contributed by atoms with van der Waals surface area (Å²) in [7, 11) is 1.48. The molecular weight excluding hydrogens is 576 g/mol. The summed E-state index contributed by atoms with van der Waals surface area (Å²) in [5.41, 5.74) is -0.229. The number of ether oxygens (including phenoxy) is 2. The summed E-state index contributed by atoms with van der Waals surface area (Å²) in [5.74, 6) is -0.280. The van der Waals surface area contributed by atoms with Crippen LogP contribution in [0.3, 0.4) is 0 Å². The first-order valence-electron chi connectivity index (χ1n) is 12.9. The standard InChI is InChI=1S/C28H24F4N6O5/c1-36-22-13-20(42-10-9-37-25(39)8-7-24(35-37)28(30,31)32)5-6-23(22)43-16-21(26(36)40)34-27(41)38-15-18(14-33-38)11-17-3-2-4-19(29)12-17/h2-8,12-15,21H,9-11,16H2,1H3,(H,34,41)/t21-/m0/s1. The van der Waals surface area contributed by atoms with Crippen molar-refractivity contribution in [1.29, 1.82) is 0 Å². The van der Waals surface area contributed by atoms with Crippen molar-refractivity contribution in [3.05, 3.63) is 100.0 Å². The van der Waals surface area contributed by atoms with E-state index in [1.807, 2.05) is 0 Å². The normalized spacial score (nSPS) is 15.0. The fourth-order valence-electron chi connectivity index (χ4n) is 4.34. The molecule has 0 unspecified atom stereocenters. The number of carbonyl (C=O) groups excluding carboxylic acids is 2. The molecule has 1 aliphatic heterocycles. The van der Waals surface area contributed by atoms with Gasteiger partial charge in [0.25, 0.3) is 11.5 Å². The number of alkyl halides is 3. The van der Waals surface area contributed by atoms with Crippen LogP contribution >= 0.6 is 0 Å². The van der Waals surface area contributed by atoms with Crippen molar-refractivity contribution < 1.29 is 36.6 Å². The predicted molar refractivity (Wildman–Crippen MR) is 143 cm³/mol. The van der Waals surface area contributed by atoms with E-state index in [1.165, 1.54) is 48.6 Å². The minimum absolute atomic E-state index is 0.177. The van der Waals surface area contributed by atoms with Gasteiger partial charge in [-0.05, 0) is 41.5 Å². The molecule has 0 saturated carbocycles. The molecule has 0 fully saturated rings. The summed E-state index contributed by atoms with van der Waals surface area (Å²) < 4.78 is 65.3. The number of hydrogen-bond donors (Lipinski definition) is 1. The number of fused-ring (bicyclic) bond motifs is 1. The van der Waals surface area contributed by atoms with E-state index < -0.39 is 35.4 Å². The Bertz CT molecular complexity index is 1720. The van der Waals surface area contributed by atoms with Crippen LogP contribution < -0.4 is 25.2 Å². The lowest BCUT2D eigenvalue weighted by Gasteiger charge is -2.20. The first kappa shape index (κ1) is 29.3. The van der Waals surface area contributed by atoms with E-state index >= 15 is 0 Å². The van der Waals surface area contributed by atoms with Gasteiger partial charge in [0, 0.05) is 31.8 Å². The molecule has 0 radical (unpaired) electrons. The first-order chi connectivity index (χ1) is 20.5. The van der Waals surface area contributed by atoms with E-state index in [1.54, 1.807) is 18.2 Å². The first-order valence-corrected chi connectivity index (χ1v) is 12.9. The lowest BCUT2D eigenvalue weighted by Crippen LogP contribution is -2.50. The minimum atomic E-state index is -4.70. The molecule has 0 spiro atoms. The van der Waals surface area contributed by atoms with Crippen molar-refractivity contribution in [3.8, 4) is 11.5 Å². The van der Waals surface area contributed by atoms with Gasteiger partial charge in [-0.3, -0.25) is 9.59 Å². The topological polar surface area (TPSA) is 121 Å². The molecular formula is C28H24F4N6O5. The molecule has 2 aromatic heterocycles.